The number of benzene rings is 1. The van der Waals surface area contributed by atoms with Crippen LogP contribution in [0.5, 0.6) is 5.75 Å². The fourth-order valence-corrected chi connectivity index (χ4v) is 1.87. The van der Waals surface area contributed by atoms with Gasteiger partial charge in [0.2, 0.25) is 0 Å². The normalized spacial score (nSPS) is 12.2. The number of rotatable bonds is 4. The highest BCUT2D eigenvalue weighted by Gasteiger charge is 2.16. The second-order valence-electron chi connectivity index (χ2n) is 3.07. The maximum absolute atomic E-state index is 10.5. The first kappa shape index (κ1) is 12.0. The molecule has 0 bridgehead atoms. The van der Waals surface area contributed by atoms with E-state index in [1.807, 2.05) is 6.07 Å². The summed E-state index contributed by atoms with van der Waals surface area (Å²) in [4.78, 5) is 10.5. The SMILES string of the molecule is COc1c(Br)cccc1C(N)CC(=O)O. The van der Waals surface area contributed by atoms with E-state index in [1.165, 1.54) is 7.11 Å². The zero-order valence-corrected chi connectivity index (χ0v) is 9.82. The lowest BCUT2D eigenvalue weighted by Crippen LogP contribution is -2.16. The zero-order chi connectivity index (χ0) is 11.4. The summed E-state index contributed by atoms with van der Waals surface area (Å²) in [6.45, 7) is 0. The van der Waals surface area contributed by atoms with Crippen LogP contribution in [-0.2, 0) is 4.79 Å². The average Bonchev–Trinajstić information content (AvgIpc) is 2.16. The summed E-state index contributed by atoms with van der Waals surface area (Å²) in [5, 5.41) is 8.65. The highest BCUT2D eigenvalue weighted by Crippen LogP contribution is 2.32. The Kier molecular flexibility index (Phi) is 4.11. The molecule has 1 unspecified atom stereocenters. The van der Waals surface area contributed by atoms with Gasteiger partial charge in [-0.1, -0.05) is 12.1 Å². The average molecular weight is 274 g/mol. The largest absolute Gasteiger partial charge is 0.495 e. The van der Waals surface area contributed by atoms with E-state index in [1.54, 1.807) is 12.1 Å². The Morgan fingerprint density at radius 3 is 2.87 bits per heavy atom. The molecule has 0 radical (unpaired) electrons. The number of hydrogen-bond acceptors (Lipinski definition) is 3. The van der Waals surface area contributed by atoms with Crippen LogP contribution >= 0.6 is 15.9 Å². The molecule has 1 aromatic carbocycles. The quantitative estimate of drug-likeness (QED) is 0.880. The van der Waals surface area contributed by atoms with Crippen molar-refractivity contribution in [2.45, 2.75) is 12.5 Å². The number of aliphatic carboxylic acids is 1. The molecule has 5 heteroatoms. The third kappa shape index (κ3) is 2.94. The number of carbonyl (C=O) groups is 1. The standard InChI is InChI=1S/C10H12BrNO3/c1-15-10-6(3-2-4-7(10)11)8(12)5-9(13)14/h2-4,8H,5,12H2,1H3,(H,13,14). The van der Waals surface area contributed by atoms with Gasteiger partial charge < -0.3 is 15.6 Å². The van der Waals surface area contributed by atoms with Gasteiger partial charge in [0.15, 0.2) is 0 Å². The lowest BCUT2D eigenvalue weighted by Gasteiger charge is -2.14. The summed E-state index contributed by atoms with van der Waals surface area (Å²) in [6.07, 6.45) is -0.118. The van der Waals surface area contributed by atoms with Gasteiger partial charge in [0.1, 0.15) is 5.75 Å². The van der Waals surface area contributed by atoms with Crippen molar-refractivity contribution in [3.8, 4) is 5.75 Å². The second-order valence-corrected chi connectivity index (χ2v) is 3.92. The van der Waals surface area contributed by atoms with E-state index in [2.05, 4.69) is 15.9 Å². The number of nitrogens with two attached hydrogens (primary N) is 1. The van der Waals surface area contributed by atoms with Gasteiger partial charge in [-0.25, -0.2) is 0 Å². The lowest BCUT2D eigenvalue weighted by molar-refractivity contribution is -0.137. The number of halogens is 1. The van der Waals surface area contributed by atoms with Gasteiger partial charge in [-0.15, -0.1) is 0 Å². The first-order chi connectivity index (χ1) is 7.06. The van der Waals surface area contributed by atoms with Crippen LogP contribution in [0.1, 0.15) is 18.0 Å². The van der Waals surface area contributed by atoms with Crippen molar-refractivity contribution >= 4 is 21.9 Å². The van der Waals surface area contributed by atoms with Crippen molar-refractivity contribution in [3.63, 3.8) is 0 Å². The molecule has 0 aliphatic rings. The number of carboxylic acids is 1. The Morgan fingerprint density at radius 2 is 2.33 bits per heavy atom. The van der Waals surface area contributed by atoms with E-state index in [0.717, 1.165) is 4.47 Å². The lowest BCUT2D eigenvalue weighted by atomic mass is 10.0. The molecule has 82 valence electrons. The number of para-hydroxylation sites is 1. The van der Waals surface area contributed by atoms with Crippen LogP contribution in [0.4, 0.5) is 0 Å². The smallest absolute Gasteiger partial charge is 0.305 e. The minimum Gasteiger partial charge on any atom is -0.495 e. The highest BCUT2D eigenvalue weighted by molar-refractivity contribution is 9.10. The molecule has 0 fully saturated rings. The molecule has 1 rings (SSSR count). The molecule has 0 heterocycles. The maximum Gasteiger partial charge on any atom is 0.305 e. The topological polar surface area (TPSA) is 72.5 Å². The molecular formula is C10H12BrNO3. The van der Waals surface area contributed by atoms with Gasteiger partial charge >= 0.3 is 5.97 Å². The van der Waals surface area contributed by atoms with Crippen molar-refractivity contribution in [3.05, 3.63) is 28.2 Å². The monoisotopic (exact) mass is 273 g/mol. The van der Waals surface area contributed by atoms with Gasteiger partial charge in [-0.05, 0) is 22.0 Å². The van der Waals surface area contributed by atoms with Crippen LogP contribution in [0, 0.1) is 0 Å². The molecule has 4 nitrogen and oxygen atoms in total. The predicted octanol–water partition coefficient (Wildman–Crippen LogP) is 1.93. The molecule has 0 saturated carbocycles. The van der Waals surface area contributed by atoms with E-state index < -0.39 is 12.0 Å². The molecule has 0 aliphatic carbocycles. The second kappa shape index (κ2) is 5.14. The van der Waals surface area contributed by atoms with Crippen molar-refractivity contribution < 1.29 is 14.6 Å². The van der Waals surface area contributed by atoms with Crippen molar-refractivity contribution in [1.29, 1.82) is 0 Å². The van der Waals surface area contributed by atoms with Crippen molar-refractivity contribution in [2.75, 3.05) is 7.11 Å². The van der Waals surface area contributed by atoms with Crippen LogP contribution in [0.3, 0.4) is 0 Å². The minimum absolute atomic E-state index is 0.118. The van der Waals surface area contributed by atoms with Crippen molar-refractivity contribution in [1.82, 2.24) is 0 Å². The van der Waals surface area contributed by atoms with E-state index in [0.29, 0.717) is 11.3 Å². The summed E-state index contributed by atoms with van der Waals surface area (Å²) < 4.78 is 5.93. The maximum atomic E-state index is 10.5. The molecule has 15 heavy (non-hydrogen) atoms. The minimum atomic E-state index is -0.926. The van der Waals surface area contributed by atoms with Gasteiger partial charge in [0.05, 0.1) is 18.0 Å². The summed E-state index contributed by atoms with van der Waals surface area (Å²) in [6, 6.07) is 4.81. The molecule has 1 atom stereocenters. The molecule has 3 N–H and O–H groups in total. The molecule has 0 aliphatic heterocycles. The highest BCUT2D eigenvalue weighted by atomic mass is 79.9. The van der Waals surface area contributed by atoms with Gasteiger partial charge in [0, 0.05) is 11.6 Å². The van der Waals surface area contributed by atoms with Gasteiger partial charge in [-0.3, -0.25) is 4.79 Å². The zero-order valence-electron chi connectivity index (χ0n) is 8.24. The predicted molar refractivity (Wildman–Crippen MR) is 59.9 cm³/mol. The first-order valence-electron chi connectivity index (χ1n) is 4.36. The third-order valence-corrected chi connectivity index (χ3v) is 2.62. The third-order valence-electron chi connectivity index (χ3n) is 2.00. The molecule has 0 spiro atoms. The fourth-order valence-electron chi connectivity index (χ4n) is 1.33. The van der Waals surface area contributed by atoms with E-state index >= 15 is 0 Å². The summed E-state index contributed by atoms with van der Waals surface area (Å²) in [5.74, 6) is -0.337. The molecule has 0 amide bonds. The van der Waals surface area contributed by atoms with Gasteiger partial charge in [-0.2, -0.15) is 0 Å². The Labute approximate surface area is 96.2 Å². The number of methoxy groups -OCH3 is 1. The number of carboxylic acid groups (broad SMARTS) is 1. The van der Waals surface area contributed by atoms with Crippen molar-refractivity contribution in [2.24, 2.45) is 5.73 Å². The van der Waals surface area contributed by atoms with Crippen LogP contribution < -0.4 is 10.5 Å². The Hall–Kier alpha value is -1.07. The van der Waals surface area contributed by atoms with Gasteiger partial charge in [0.25, 0.3) is 0 Å². The summed E-state index contributed by atoms with van der Waals surface area (Å²) in [7, 11) is 1.52. The van der Waals surface area contributed by atoms with E-state index in [-0.39, 0.29) is 6.42 Å². The Balaban J connectivity index is 3.02. The van der Waals surface area contributed by atoms with E-state index in [4.69, 9.17) is 15.6 Å². The van der Waals surface area contributed by atoms with Crippen LogP contribution in [0.25, 0.3) is 0 Å². The van der Waals surface area contributed by atoms with Crippen LogP contribution in [0.2, 0.25) is 0 Å². The first-order valence-corrected chi connectivity index (χ1v) is 5.15. The Morgan fingerprint density at radius 1 is 1.67 bits per heavy atom. The molecular weight excluding hydrogens is 262 g/mol. The summed E-state index contributed by atoms with van der Waals surface area (Å²) in [5.41, 5.74) is 6.45. The summed E-state index contributed by atoms with van der Waals surface area (Å²) >= 11 is 3.31. The number of ether oxygens (including phenoxy) is 1. The van der Waals surface area contributed by atoms with Crippen LogP contribution in [0.15, 0.2) is 22.7 Å². The number of hydrogen-bond donors (Lipinski definition) is 2. The van der Waals surface area contributed by atoms with E-state index in [9.17, 15) is 4.79 Å². The Bertz CT molecular complexity index is 368. The molecule has 1 aromatic rings. The van der Waals surface area contributed by atoms with Crippen LogP contribution in [-0.4, -0.2) is 18.2 Å². The molecule has 0 saturated heterocycles. The fraction of sp³-hybridized carbons (Fsp3) is 0.300. The molecule has 0 aromatic heterocycles.